The molecule has 1 aliphatic carbocycles. The maximum atomic E-state index is 13.0. The van der Waals surface area contributed by atoms with Gasteiger partial charge in [-0.2, -0.15) is 0 Å². The zero-order valence-corrected chi connectivity index (χ0v) is 18.5. The van der Waals surface area contributed by atoms with Crippen LogP contribution in [0, 0.1) is 12.8 Å². The van der Waals surface area contributed by atoms with E-state index in [9.17, 15) is 9.59 Å². The number of allylic oxidation sites excluding steroid dienone is 1. The minimum atomic E-state index is -0.180. The second-order valence-corrected chi connectivity index (χ2v) is 8.65. The SMILES string of the molecule is CCn1cc(/C=C2/Oc3c(ccc(OC(=O)C4CCCCC4)c3C)C2=O)c2ccccc21. The molecule has 3 aromatic rings. The number of nitrogens with zero attached hydrogens (tertiary/aromatic N) is 1. The lowest BCUT2D eigenvalue weighted by Crippen LogP contribution is -2.23. The van der Waals surface area contributed by atoms with Gasteiger partial charge in [-0.1, -0.05) is 37.5 Å². The monoisotopic (exact) mass is 429 g/mol. The summed E-state index contributed by atoms with van der Waals surface area (Å²) < 4.78 is 13.9. The van der Waals surface area contributed by atoms with E-state index in [1.165, 1.54) is 6.42 Å². The van der Waals surface area contributed by atoms with E-state index in [-0.39, 0.29) is 23.4 Å². The average Bonchev–Trinajstić information content (AvgIpc) is 3.34. The Bertz CT molecular complexity index is 1240. The highest BCUT2D eigenvalue weighted by Crippen LogP contribution is 2.40. The maximum Gasteiger partial charge on any atom is 0.314 e. The number of carbonyl (C=O) groups is 2. The van der Waals surface area contributed by atoms with Gasteiger partial charge in [0.05, 0.1) is 11.5 Å². The third-order valence-corrected chi connectivity index (χ3v) is 6.63. The fraction of sp³-hybridized carbons (Fsp3) is 0.333. The van der Waals surface area contributed by atoms with Crippen molar-refractivity contribution in [1.82, 2.24) is 4.57 Å². The van der Waals surface area contributed by atoms with Gasteiger partial charge in [0.15, 0.2) is 5.76 Å². The number of hydrogen-bond acceptors (Lipinski definition) is 4. The van der Waals surface area contributed by atoms with Crippen molar-refractivity contribution in [3.63, 3.8) is 0 Å². The highest BCUT2D eigenvalue weighted by Gasteiger charge is 2.31. The van der Waals surface area contributed by atoms with Gasteiger partial charge in [-0.15, -0.1) is 0 Å². The van der Waals surface area contributed by atoms with Crippen molar-refractivity contribution in [2.24, 2.45) is 5.92 Å². The zero-order chi connectivity index (χ0) is 22.2. The summed E-state index contributed by atoms with van der Waals surface area (Å²) in [5.74, 6) is 0.871. The number of aromatic nitrogens is 1. The molecule has 1 fully saturated rings. The Balaban J connectivity index is 1.44. The van der Waals surface area contributed by atoms with Crippen LogP contribution in [0.2, 0.25) is 0 Å². The topological polar surface area (TPSA) is 57.5 Å². The summed E-state index contributed by atoms with van der Waals surface area (Å²) in [6, 6.07) is 11.5. The van der Waals surface area contributed by atoms with Gasteiger partial charge >= 0.3 is 5.97 Å². The van der Waals surface area contributed by atoms with Gasteiger partial charge in [0.2, 0.25) is 5.78 Å². The third-order valence-electron chi connectivity index (χ3n) is 6.63. The Morgan fingerprint density at radius 2 is 1.94 bits per heavy atom. The Kier molecular flexibility index (Phi) is 5.33. The van der Waals surface area contributed by atoms with Crippen LogP contribution in [0.5, 0.6) is 11.5 Å². The van der Waals surface area contributed by atoms with Crippen molar-refractivity contribution < 1.29 is 19.1 Å². The molecule has 0 amide bonds. The number of ketones is 1. The van der Waals surface area contributed by atoms with Crippen molar-refractivity contribution in [1.29, 1.82) is 0 Å². The Labute approximate surface area is 187 Å². The first kappa shape index (κ1) is 20.6. The first-order valence-electron chi connectivity index (χ1n) is 11.4. The summed E-state index contributed by atoms with van der Waals surface area (Å²) in [5.41, 5.74) is 3.25. The number of benzene rings is 2. The molecule has 1 saturated carbocycles. The number of rotatable bonds is 4. The highest BCUT2D eigenvalue weighted by atomic mass is 16.5. The van der Waals surface area contributed by atoms with Gasteiger partial charge in [0.25, 0.3) is 0 Å². The number of aryl methyl sites for hydroxylation is 1. The molecule has 5 nitrogen and oxygen atoms in total. The van der Waals surface area contributed by atoms with Crippen LogP contribution in [0.15, 0.2) is 48.4 Å². The summed E-state index contributed by atoms with van der Waals surface area (Å²) in [7, 11) is 0. The first-order valence-corrected chi connectivity index (χ1v) is 11.4. The first-order chi connectivity index (χ1) is 15.6. The Morgan fingerprint density at radius 3 is 2.72 bits per heavy atom. The van der Waals surface area contributed by atoms with Crippen LogP contribution in [0.3, 0.4) is 0 Å². The third kappa shape index (κ3) is 3.52. The lowest BCUT2D eigenvalue weighted by molar-refractivity contribution is -0.140. The number of fused-ring (bicyclic) bond motifs is 2. The molecule has 2 aromatic carbocycles. The van der Waals surface area contributed by atoms with Crippen LogP contribution >= 0.6 is 0 Å². The van der Waals surface area contributed by atoms with E-state index in [1.54, 1.807) is 12.1 Å². The largest absolute Gasteiger partial charge is 0.452 e. The quantitative estimate of drug-likeness (QED) is 0.287. The van der Waals surface area contributed by atoms with E-state index in [4.69, 9.17) is 9.47 Å². The van der Waals surface area contributed by atoms with E-state index in [0.717, 1.165) is 48.7 Å². The molecule has 1 aliphatic heterocycles. The average molecular weight is 430 g/mol. The second-order valence-electron chi connectivity index (χ2n) is 8.65. The van der Waals surface area contributed by atoms with Gasteiger partial charge in [-0.05, 0) is 51.0 Å². The van der Waals surface area contributed by atoms with Gasteiger partial charge in [0, 0.05) is 34.8 Å². The molecule has 0 N–H and O–H groups in total. The van der Waals surface area contributed by atoms with Crippen molar-refractivity contribution in [2.45, 2.75) is 52.5 Å². The minimum Gasteiger partial charge on any atom is -0.452 e. The number of ether oxygens (including phenoxy) is 2. The Morgan fingerprint density at radius 1 is 1.16 bits per heavy atom. The van der Waals surface area contributed by atoms with Gasteiger partial charge in [-0.25, -0.2) is 0 Å². The number of esters is 1. The van der Waals surface area contributed by atoms with Gasteiger partial charge in [-0.3, -0.25) is 9.59 Å². The maximum absolute atomic E-state index is 13.0. The molecular weight excluding hydrogens is 402 g/mol. The van der Waals surface area contributed by atoms with Crippen LogP contribution in [0.4, 0.5) is 0 Å². The standard InChI is InChI=1S/C27H27NO4/c1-3-28-16-19(20-11-7-8-12-22(20)28)15-24-25(29)21-13-14-23(17(2)26(21)31-24)32-27(30)18-9-5-4-6-10-18/h7-8,11-16,18H,3-6,9-10H2,1-2H3/b24-15+. The van der Waals surface area contributed by atoms with Crippen molar-refractivity contribution in [2.75, 3.05) is 0 Å². The minimum absolute atomic E-state index is 0.0368. The molecule has 5 heteroatoms. The van der Waals surface area contributed by atoms with Crippen molar-refractivity contribution in [3.05, 3.63) is 65.0 Å². The van der Waals surface area contributed by atoms with E-state index in [2.05, 4.69) is 23.6 Å². The molecule has 0 saturated heterocycles. The lowest BCUT2D eigenvalue weighted by atomic mass is 9.89. The molecule has 32 heavy (non-hydrogen) atoms. The van der Waals surface area contributed by atoms with E-state index in [0.29, 0.717) is 22.6 Å². The van der Waals surface area contributed by atoms with Crippen molar-refractivity contribution in [3.8, 4) is 11.5 Å². The summed E-state index contributed by atoms with van der Waals surface area (Å²) >= 11 is 0. The fourth-order valence-electron chi connectivity index (χ4n) is 4.80. The molecule has 0 spiro atoms. The van der Waals surface area contributed by atoms with E-state index >= 15 is 0 Å². The van der Waals surface area contributed by atoms with Crippen LogP contribution in [0.1, 0.15) is 60.5 Å². The zero-order valence-electron chi connectivity index (χ0n) is 18.5. The predicted octanol–water partition coefficient (Wildman–Crippen LogP) is 6.07. The summed E-state index contributed by atoms with van der Waals surface area (Å²) in [4.78, 5) is 25.6. The number of hydrogen-bond donors (Lipinski definition) is 0. The lowest BCUT2D eigenvalue weighted by Gasteiger charge is -2.20. The molecular formula is C27H27NO4. The van der Waals surface area contributed by atoms with Crippen molar-refractivity contribution >= 4 is 28.7 Å². The summed E-state index contributed by atoms with van der Waals surface area (Å²) in [6.07, 6.45) is 8.95. The molecule has 164 valence electrons. The van der Waals surface area contributed by atoms with E-state index < -0.39 is 0 Å². The highest BCUT2D eigenvalue weighted by molar-refractivity contribution is 6.15. The second kappa shape index (κ2) is 8.30. The number of carbonyl (C=O) groups excluding carboxylic acids is 2. The van der Waals surface area contributed by atoms with Crippen LogP contribution < -0.4 is 9.47 Å². The summed E-state index contributed by atoms with van der Waals surface area (Å²) in [5, 5.41) is 1.08. The molecule has 2 aliphatic rings. The Hall–Kier alpha value is -3.34. The van der Waals surface area contributed by atoms with Gasteiger partial charge in [0.1, 0.15) is 11.5 Å². The number of Topliss-reactive ketones (excluding diaryl/α,β-unsaturated/α-hetero) is 1. The molecule has 0 radical (unpaired) electrons. The van der Waals surface area contributed by atoms with E-state index in [1.807, 2.05) is 31.3 Å². The molecule has 2 heterocycles. The molecule has 1 aromatic heterocycles. The van der Waals surface area contributed by atoms with Gasteiger partial charge < -0.3 is 14.0 Å². The summed E-state index contributed by atoms with van der Waals surface area (Å²) in [6.45, 7) is 4.77. The van der Waals surface area contributed by atoms with Crippen LogP contribution in [-0.4, -0.2) is 16.3 Å². The molecule has 5 rings (SSSR count). The molecule has 0 unspecified atom stereocenters. The van der Waals surface area contributed by atoms with Crippen LogP contribution in [0.25, 0.3) is 17.0 Å². The fourth-order valence-corrected chi connectivity index (χ4v) is 4.80. The predicted molar refractivity (Wildman–Crippen MR) is 124 cm³/mol. The number of para-hydroxylation sites is 1. The molecule has 0 atom stereocenters. The normalized spacial score (nSPS) is 17.6. The van der Waals surface area contributed by atoms with Crippen LogP contribution in [-0.2, 0) is 11.3 Å². The smallest absolute Gasteiger partial charge is 0.314 e. The molecule has 0 bridgehead atoms.